The van der Waals surface area contributed by atoms with Crippen LogP contribution in [-0.2, 0) is 0 Å². The lowest BCUT2D eigenvalue weighted by molar-refractivity contribution is 0.0697. The van der Waals surface area contributed by atoms with E-state index in [9.17, 15) is 4.79 Å². The van der Waals surface area contributed by atoms with Gasteiger partial charge in [0.05, 0.1) is 15.8 Å². The number of rotatable bonds is 3. The van der Waals surface area contributed by atoms with Crippen LogP contribution in [0, 0.1) is 0 Å². The highest BCUT2D eigenvalue weighted by atomic mass is 35.5. The maximum atomic E-state index is 10.8. The fraction of sp³-hybridized carbons (Fsp3) is 0. The van der Waals surface area contributed by atoms with Crippen LogP contribution in [0.15, 0.2) is 42.5 Å². The Kier molecular flexibility index (Phi) is 3.73. The normalized spacial score (nSPS) is 11.3. The summed E-state index contributed by atoms with van der Waals surface area (Å²) in [4.78, 5) is 15.3. The van der Waals surface area contributed by atoms with E-state index in [0.29, 0.717) is 5.02 Å². The molecule has 0 saturated carbocycles. The molecule has 0 radical (unpaired) electrons. The van der Waals surface area contributed by atoms with Gasteiger partial charge in [0.2, 0.25) is 0 Å². The molecule has 3 aromatic rings. The minimum absolute atomic E-state index is 0.279. The minimum Gasteiger partial charge on any atom is -0.478 e. The highest BCUT2D eigenvalue weighted by Crippen LogP contribution is 2.26. The SMILES string of the molecule is O=C(O)c1ccc(/C=C/c2nc3cc(Cl)ccc3s2)cc1. The van der Waals surface area contributed by atoms with Gasteiger partial charge in [0, 0.05) is 5.02 Å². The van der Waals surface area contributed by atoms with Crippen LogP contribution in [0.2, 0.25) is 5.02 Å². The van der Waals surface area contributed by atoms with E-state index in [1.54, 1.807) is 35.6 Å². The van der Waals surface area contributed by atoms with Crippen LogP contribution < -0.4 is 0 Å². The van der Waals surface area contributed by atoms with Gasteiger partial charge in [-0.25, -0.2) is 9.78 Å². The minimum atomic E-state index is -0.923. The lowest BCUT2D eigenvalue weighted by Crippen LogP contribution is -1.94. The summed E-state index contributed by atoms with van der Waals surface area (Å²) in [6.45, 7) is 0. The summed E-state index contributed by atoms with van der Waals surface area (Å²) in [5, 5.41) is 10.4. The van der Waals surface area contributed by atoms with Gasteiger partial charge in [-0.15, -0.1) is 11.3 Å². The van der Waals surface area contributed by atoms with Gasteiger partial charge in [0.15, 0.2) is 0 Å². The van der Waals surface area contributed by atoms with Gasteiger partial charge >= 0.3 is 5.97 Å². The maximum Gasteiger partial charge on any atom is 0.335 e. The number of carbonyl (C=O) groups is 1. The van der Waals surface area contributed by atoms with Crippen molar-refractivity contribution in [3.63, 3.8) is 0 Å². The van der Waals surface area contributed by atoms with Crippen molar-refractivity contribution >= 4 is 51.3 Å². The predicted octanol–water partition coefficient (Wildman–Crippen LogP) is 4.82. The molecule has 2 aromatic carbocycles. The molecule has 1 heterocycles. The summed E-state index contributed by atoms with van der Waals surface area (Å²) < 4.78 is 1.08. The van der Waals surface area contributed by atoms with Crippen LogP contribution in [0.5, 0.6) is 0 Å². The summed E-state index contributed by atoms with van der Waals surface area (Å²) in [5.41, 5.74) is 2.09. The van der Waals surface area contributed by atoms with E-state index in [1.807, 2.05) is 30.4 Å². The average Bonchev–Trinajstić information content (AvgIpc) is 2.87. The Morgan fingerprint density at radius 2 is 1.90 bits per heavy atom. The lowest BCUT2D eigenvalue weighted by atomic mass is 10.1. The highest BCUT2D eigenvalue weighted by molar-refractivity contribution is 7.19. The van der Waals surface area contributed by atoms with Crippen molar-refractivity contribution in [1.29, 1.82) is 0 Å². The topological polar surface area (TPSA) is 50.2 Å². The van der Waals surface area contributed by atoms with Gasteiger partial charge in [-0.3, -0.25) is 0 Å². The van der Waals surface area contributed by atoms with Crippen molar-refractivity contribution in [2.75, 3.05) is 0 Å². The summed E-state index contributed by atoms with van der Waals surface area (Å²) in [6, 6.07) is 12.3. The van der Waals surface area contributed by atoms with Gasteiger partial charge in [-0.2, -0.15) is 0 Å². The smallest absolute Gasteiger partial charge is 0.335 e. The second kappa shape index (κ2) is 5.68. The first kappa shape index (κ1) is 13.8. The molecule has 0 saturated heterocycles. The van der Waals surface area contributed by atoms with Gasteiger partial charge in [0.25, 0.3) is 0 Å². The molecule has 5 heteroatoms. The van der Waals surface area contributed by atoms with E-state index in [4.69, 9.17) is 16.7 Å². The molecule has 3 rings (SSSR count). The summed E-state index contributed by atoms with van der Waals surface area (Å²) in [7, 11) is 0. The van der Waals surface area contributed by atoms with E-state index < -0.39 is 5.97 Å². The molecule has 0 aliphatic heterocycles. The Morgan fingerprint density at radius 1 is 1.14 bits per heavy atom. The molecule has 104 valence electrons. The molecule has 0 atom stereocenters. The standard InChI is InChI=1S/C16H10ClNO2S/c17-12-6-7-14-13(9-12)18-15(21-14)8-3-10-1-4-11(5-2-10)16(19)20/h1-9H,(H,19,20)/b8-3+. The molecule has 0 aliphatic carbocycles. The van der Waals surface area contributed by atoms with Crippen LogP contribution in [0.1, 0.15) is 20.9 Å². The molecule has 1 aromatic heterocycles. The van der Waals surface area contributed by atoms with Gasteiger partial charge < -0.3 is 5.11 Å². The summed E-state index contributed by atoms with van der Waals surface area (Å²) in [5.74, 6) is -0.923. The molecule has 0 bridgehead atoms. The Bertz CT molecular complexity index is 837. The third-order valence-electron chi connectivity index (χ3n) is 2.94. The fourth-order valence-electron chi connectivity index (χ4n) is 1.89. The number of benzene rings is 2. The first-order valence-electron chi connectivity index (χ1n) is 6.19. The van der Waals surface area contributed by atoms with E-state index in [0.717, 1.165) is 20.8 Å². The van der Waals surface area contributed by atoms with Crippen molar-refractivity contribution in [1.82, 2.24) is 4.98 Å². The molecular formula is C16H10ClNO2S. The summed E-state index contributed by atoms with van der Waals surface area (Å²) >= 11 is 7.52. The van der Waals surface area contributed by atoms with Crippen LogP contribution in [-0.4, -0.2) is 16.1 Å². The molecule has 0 spiro atoms. The molecule has 0 aliphatic rings. The van der Waals surface area contributed by atoms with Gasteiger partial charge in [-0.1, -0.05) is 29.8 Å². The Hall–Kier alpha value is -2.17. The number of fused-ring (bicyclic) bond motifs is 1. The molecule has 3 nitrogen and oxygen atoms in total. The number of aromatic carboxylic acids is 1. The van der Waals surface area contributed by atoms with Gasteiger partial charge in [-0.05, 0) is 42.0 Å². The maximum absolute atomic E-state index is 10.8. The molecular weight excluding hydrogens is 306 g/mol. The van der Waals surface area contributed by atoms with Crippen molar-refractivity contribution in [2.24, 2.45) is 0 Å². The number of hydrogen-bond donors (Lipinski definition) is 1. The van der Waals surface area contributed by atoms with Crippen LogP contribution in [0.4, 0.5) is 0 Å². The number of carboxylic acid groups (broad SMARTS) is 1. The van der Waals surface area contributed by atoms with Crippen LogP contribution >= 0.6 is 22.9 Å². The molecule has 0 unspecified atom stereocenters. The highest BCUT2D eigenvalue weighted by Gasteiger charge is 2.02. The zero-order chi connectivity index (χ0) is 14.8. The first-order valence-corrected chi connectivity index (χ1v) is 7.39. The van der Waals surface area contributed by atoms with Crippen molar-refractivity contribution < 1.29 is 9.90 Å². The third kappa shape index (κ3) is 3.12. The van der Waals surface area contributed by atoms with Crippen LogP contribution in [0.3, 0.4) is 0 Å². The second-order valence-corrected chi connectivity index (χ2v) is 5.92. The zero-order valence-corrected chi connectivity index (χ0v) is 12.4. The largest absolute Gasteiger partial charge is 0.478 e. The molecule has 0 fully saturated rings. The number of halogens is 1. The van der Waals surface area contributed by atoms with Crippen molar-refractivity contribution in [2.45, 2.75) is 0 Å². The second-order valence-electron chi connectivity index (χ2n) is 4.42. The molecule has 21 heavy (non-hydrogen) atoms. The Labute approximate surface area is 130 Å². The fourth-order valence-corrected chi connectivity index (χ4v) is 2.91. The first-order chi connectivity index (χ1) is 10.1. The Morgan fingerprint density at radius 3 is 2.62 bits per heavy atom. The number of hydrogen-bond acceptors (Lipinski definition) is 3. The lowest BCUT2D eigenvalue weighted by Gasteiger charge is -1.95. The van der Waals surface area contributed by atoms with E-state index in [2.05, 4.69) is 4.98 Å². The van der Waals surface area contributed by atoms with Crippen molar-refractivity contribution in [3.05, 3.63) is 63.6 Å². The quantitative estimate of drug-likeness (QED) is 0.754. The predicted molar refractivity (Wildman–Crippen MR) is 87.0 cm³/mol. The third-order valence-corrected chi connectivity index (χ3v) is 4.18. The molecule has 1 N–H and O–H groups in total. The monoisotopic (exact) mass is 315 g/mol. The number of nitrogens with zero attached hydrogens (tertiary/aromatic N) is 1. The van der Waals surface area contributed by atoms with Crippen LogP contribution in [0.25, 0.3) is 22.4 Å². The summed E-state index contributed by atoms with van der Waals surface area (Å²) in [6.07, 6.45) is 3.82. The van der Waals surface area contributed by atoms with Gasteiger partial charge in [0.1, 0.15) is 5.01 Å². The number of carboxylic acids is 1. The van der Waals surface area contributed by atoms with E-state index >= 15 is 0 Å². The zero-order valence-electron chi connectivity index (χ0n) is 10.8. The number of aromatic nitrogens is 1. The Balaban J connectivity index is 1.85. The van der Waals surface area contributed by atoms with E-state index in [-0.39, 0.29) is 5.56 Å². The van der Waals surface area contributed by atoms with Crippen molar-refractivity contribution in [3.8, 4) is 0 Å². The average molecular weight is 316 g/mol. The van der Waals surface area contributed by atoms with E-state index in [1.165, 1.54) is 0 Å². The number of thiazole rings is 1. The molecule has 0 amide bonds.